The largest absolute Gasteiger partial charge is 0.451 e. The molecule has 0 aliphatic heterocycles. The predicted molar refractivity (Wildman–Crippen MR) is 52.0 cm³/mol. The van der Waals surface area contributed by atoms with E-state index in [1.165, 1.54) is 0 Å². The Hall–Kier alpha value is -1.09. The van der Waals surface area contributed by atoms with E-state index >= 15 is 0 Å². The minimum atomic E-state index is -7.40. The van der Waals surface area contributed by atoms with Crippen LogP contribution >= 0.6 is 0 Å². The molecule has 0 fully saturated rings. The van der Waals surface area contributed by atoms with E-state index in [1.54, 1.807) is 0 Å². The van der Waals surface area contributed by atoms with Crippen molar-refractivity contribution in [3.8, 4) is 0 Å². The lowest BCUT2D eigenvalue weighted by Crippen LogP contribution is -2.69. The highest BCUT2D eigenvalue weighted by molar-refractivity contribution is 5.08. The van der Waals surface area contributed by atoms with Crippen molar-refractivity contribution >= 4 is 0 Å². The van der Waals surface area contributed by atoms with Gasteiger partial charge in [-0.15, -0.1) is 0 Å². The van der Waals surface area contributed by atoms with E-state index in [2.05, 4.69) is 4.74 Å². The van der Waals surface area contributed by atoms with Crippen LogP contribution in [0, 0.1) is 0 Å². The van der Waals surface area contributed by atoms with Crippen molar-refractivity contribution in [2.45, 2.75) is 55.2 Å². The van der Waals surface area contributed by atoms with Gasteiger partial charge in [0, 0.05) is 6.42 Å². The molecule has 0 saturated heterocycles. The SMILES string of the molecule is FC(C(F)(OCCCC(F)(F)F)C(F)(F)F)C(F)(C(F)(F)F)C(F)(F)F. The Balaban J connectivity index is 5.85. The van der Waals surface area contributed by atoms with Crippen molar-refractivity contribution in [3.05, 3.63) is 0 Å². The number of rotatable bonds is 6. The van der Waals surface area contributed by atoms with Crippen LogP contribution in [-0.4, -0.2) is 49.0 Å². The number of hydrogen-bond acceptors (Lipinski definition) is 1. The molecule has 0 saturated carbocycles. The Labute approximate surface area is 134 Å². The van der Waals surface area contributed by atoms with Crippen LogP contribution < -0.4 is 0 Å². The van der Waals surface area contributed by atoms with Crippen LogP contribution in [-0.2, 0) is 4.74 Å². The van der Waals surface area contributed by atoms with Crippen molar-refractivity contribution in [3.63, 3.8) is 0 Å². The molecule has 0 radical (unpaired) electrons. The lowest BCUT2D eigenvalue weighted by Gasteiger charge is -2.39. The topological polar surface area (TPSA) is 9.23 Å². The van der Waals surface area contributed by atoms with E-state index in [-0.39, 0.29) is 0 Å². The van der Waals surface area contributed by atoms with Gasteiger partial charge in [0.25, 0.3) is 0 Å². The Morgan fingerprint density at radius 2 is 1.00 bits per heavy atom. The predicted octanol–water partition coefficient (Wildman–Crippen LogP) is 5.74. The molecule has 0 rings (SSSR count). The molecule has 16 heteroatoms. The second-order valence-electron chi connectivity index (χ2n) is 4.78. The summed E-state index contributed by atoms with van der Waals surface area (Å²) in [5.41, 5.74) is -7.35. The molecule has 0 heterocycles. The van der Waals surface area contributed by atoms with Crippen LogP contribution in [0.15, 0.2) is 0 Å². The molecule has 0 N–H and O–H groups in total. The van der Waals surface area contributed by atoms with Crippen LogP contribution in [0.2, 0.25) is 0 Å². The lowest BCUT2D eigenvalue weighted by atomic mass is 9.92. The number of ether oxygens (including phenoxy) is 1. The average molecular weight is 428 g/mol. The maximum Gasteiger partial charge on any atom is 0.451 e. The molecule has 0 aliphatic carbocycles. The van der Waals surface area contributed by atoms with Crippen LogP contribution in [0.5, 0.6) is 0 Å². The molecule has 0 aromatic carbocycles. The van der Waals surface area contributed by atoms with Crippen LogP contribution in [0.4, 0.5) is 65.9 Å². The van der Waals surface area contributed by atoms with Crippen LogP contribution in [0.1, 0.15) is 12.8 Å². The van der Waals surface area contributed by atoms with Gasteiger partial charge in [-0.3, -0.25) is 0 Å². The maximum atomic E-state index is 13.6. The van der Waals surface area contributed by atoms with Gasteiger partial charge < -0.3 is 4.74 Å². The van der Waals surface area contributed by atoms with Gasteiger partial charge in [0.2, 0.25) is 6.17 Å². The van der Waals surface area contributed by atoms with Gasteiger partial charge in [-0.25, -0.2) is 8.78 Å². The Morgan fingerprint density at radius 3 is 1.27 bits per heavy atom. The fourth-order valence-corrected chi connectivity index (χ4v) is 1.50. The lowest BCUT2D eigenvalue weighted by molar-refractivity contribution is -0.419. The van der Waals surface area contributed by atoms with Crippen molar-refractivity contribution in [1.82, 2.24) is 0 Å². The zero-order chi connectivity index (χ0) is 21.4. The van der Waals surface area contributed by atoms with E-state index < -0.39 is 61.8 Å². The fourth-order valence-electron chi connectivity index (χ4n) is 1.50. The third-order valence-electron chi connectivity index (χ3n) is 2.80. The second-order valence-corrected chi connectivity index (χ2v) is 4.78. The molecular weight excluding hydrogens is 421 g/mol. The zero-order valence-electron chi connectivity index (χ0n) is 11.8. The molecule has 2 unspecified atom stereocenters. The first-order valence-corrected chi connectivity index (χ1v) is 6.04. The van der Waals surface area contributed by atoms with Crippen molar-refractivity contribution in [2.24, 2.45) is 0 Å². The van der Waals surface area contributed by atoms with E-state index in [0.717, 1.165) is 0 Å². The van der Waals surface area contributed by atoms with Crippen molar-refractivity contribution in [2.75, 3.05) is 6.61 Å². The van der Waals surface area contributed by atoms with E-state index in [9.17, 15) is 65.9 Å². The van der Waals surface area contributed by atoms with Gasteiger partial charge >= 0.3 is 36.2 Å². The monoisotopic (exact) mass is 428 g/mol. The highest BCUT2D eigenvalue weighted by Gasteiger charge is 2.84. The quantitative estimate of drug-likeness (QED) is 0.387. The molecule has 0 amide bonds. The van der Waals surface area contributed by atoms with Gasteiger partial charge in [-0.1, -0.05) is 0 Å². The molecule has 1 nitrogen and oxygen atoms in total. The van der Waals surface area contributed by atoms with Gasteiger partial charge in [-0.05, 0) is 6.42 Å². The Bertz CT molecular complexity index is 443. The minimum absolute atomic E-state index is 1.59. The van der Waals surface area contributed by atoms with Gasteiger partial charge in [0.15, 0.2) is 0 Å². The third kappa shape index (κ3) is 5.00. The highest BCUT2D eigenvalue weighted by atomic mass is 19.4. The minimum Gasteiger partial charge on any atom is -0.337 e. The standard InChI is InChI=1S/C10H7F15O/c11-4(6(15,8(17,18)19)9(20,21)22)7(16,10(23,24)25)26-3-1-2-5(12,13)14/h4H,1-3H2. The third-order valence-corrected chi connectivity index (χ3v) is 2.80. The first-order chi connectivity index (χ1) is 11.1. The fraction of sp³-hybridized carbons (Fsp3) is 1.00. The normalized spacial score (nSPS) is 18.6. The number of hydrogen-bond donors (Lipinski definition) is 0. The molecule has 26 heavy (non-hydrogen) atoms. The second kappa shape index (κ2) is 7.14. The van der Waals surface area contributed by atoms with E-state index in [1.807, 2.05) is 0 Å². The summed E-state index contributed by atoms with van der Waals surface area (Å²) >= 11 is 0. The summed E-state index contributed by atoms with van der Waals surface area (Å²) in [6, 6.07) is 0. The molecular formula is C10H7F15O. The van der Waals surface area contributed by atoms with Gasteiger partial charge in [0.05, 0.1) is 6.61 Å². The highest BCUT2D eigenvalue weighted by Crippen LogP contribution is 2.55. The summed E-state index contributed by atoms with van der Waals surface area (Å²) in [5.74, 6) is -6.53. The van der Waals surface area contributed by atoms with E-state index in [0.29, 0.717) is 0 Å². The van der Waals surface area contributed by atoms with Crippen LogP contribution in [0.25, 0.3) is 0 Å². The first kappa shape index (κ1) is 24.9. The maximum absolute atomic E-state index is 13.6. The van der Waals surface area contributed by atoms with Gasteiger partial charge in [-0.2, -0.15) is 57.1 Å². The molecule has 158 valence electrons. The van der Waals surface area contributed by atoms with Gasteiger partial charge in [0.1, 0.15) is 0 Å². The number of alkyl halides is 15. The molecule has 2 atom stereocenters. The van der Waals surface area contributed by atoms with Crippen molar-refractivity contribution < 1.29 is 70.6 Å². The first-order valence-electron chi connectivity index (χ1n) is 6.04. The molecule has 0 aliphatic rings. The van der Waals surface area contributed by atoms with E-state index in [4.69, 9.17) is 0 Å². The summed E-state index contributed by atoms with van der Waals surface area (Å²) in [5, 5.41) is 0. The average Bonchev–Trinajstić information content (AvgIpc) is 2.36. The summed E-state index contributed by atoms with van der Waals surface area (Å²) in [7, 11) is 0. The van der Waals surface area contributed by atoms with Crippen LogP contribution in [0.3, 0.4) is 0 Å². The molecule has 0 bridgehead atoms. The Morgan fingerprint density at radius 1 is 0.615 bits per heavy atom. The molecule has 0 aromatic rings. The summed E-state index contributed by atoms with van der Waals surface area (Å²) in [6.07, 6.45) is -36.5. The van der Waals surface area contributed by atoms with Crippen molar-refractivity contribution in [1.29, 1.82) is 0 Å². The molecule has 0 spiro atoms. The summed E-state index contributed by atoms with van der Waals surface area (Å²) in [6.45, 7) is -2.11. The summed E-state index contributed by atoms with van der Waals surface area (Å²) < 4.78 is 189. The zero-order valence-corrected chi connectivity index (χ0v) is 11.8. The summed E-state index contributed by atoms with van der Waals surface area (Å²) in [4.78, 5) is 0. The smallest absolute Gasteiger partial charge is 0.337 e. The number of halogens is 15. The Kier molecular flexibility index (Phi) is 6.85. The molecule has 0 aromatic heterocycles.